The summed E-state index contributed by atoms with van der Waals surface area (Å²) in [6.07, 6.45) is 0. The minimum absolute atomic E-state index is 0.585. The van der Waals surface area contributed by atoms with Crippen molar-refractivity contribution in [3.8, 4) is 50.6 Å². The SMILES string of the molecule is [C-]#[N+]c1ccc(N(c2cc(-c3ccc(C)cc3)cc(-c3ccc(C)cc3)c2)c2cc3c4ccccc4c(N(c4ccc(C#N)cc4)c4cc(-c5ccc(C)cc5)cc(-c5ccc(C)cc5)c4)cc3c3ccccc23)cc1. The highest BCUT2D eigenvalue weighted by atomic mass is 15.2. The summed E-state index contributed by atoms with van der Waals surface area (Å²) in [7, 11) is 0. The third-order valence-electron chi connectivity index (χ3n) is 14.7. The zero-order valence-corrected chi connectivity index (χ0v) is 42.9. The van der Waals surface area contributed by atoms with Crippen LogP contribution in [0.15, 0.2) is 243 Å². The predicted molar refractivity (Wildman–Crippen MR) is 320 cm³/mol. The molecule has 0 N–H and O–H groups in total. The highest BCUT2D eigenvalue weighted by Crippen LogP contribution is 2.50. The van der Waals surface area contributed by atoms with Crippen LogP contribution in [0.5, 0.6) is 0 Å². The number of benzene rings is 12. The van der Waals surface area contributed by atoms with E-state index in [1.54, 1.807) is 0 Å². The molecule has 0 atom stereocenters. The third kappa shape index (κ3) is 9.00. The molecule has 12 aromatic rings. The van der Waals surface area contributed by atoms with Crippen molar-refractivity contribution in [3.63, 3.8) is 0 Å². The second-order valence-electron chi connectivity index (χ2n) is 19.9. The molecule has 0 bridgehead atoms. The Morgan fingerprint density at radius 1 is 0.316 bits per heavy atom. The summed E-state index contributed by atoms with van der Waals surface area (Å²) in [5.74, 6) is 0. The Bertz CT molecular complexity index is 3830. The van der Waals surface area contributed by atoms with Crippen molar-refractivity contribution in [1.29, 1.82) is 5.26 Å². The average molecular weight is 973 g/mol. The van der Waals surface area contributed by atoms with Gasteiger partial charge in [-0.2, -0.15) is 5.26 Å². The summed E-state index contributed by atoms with van der Waals surface area (Å²) in [4.78, 5) is 8.54. The van der Waals surface area contributed by atoms with Crippen LogP contribution in [0, 0.1) is 45.6 Å². The van der Waals surface area contributed by atoms with Gasteiger partial charge in [0.15, 0.2) is 5.69 Å². The standard InChI is InChI=1S/C72H52N4/c1-47-14-24-52(25-15-47)56-38-57(53-26-16-48(2)17-27-53)41-63(40-56)75(61-34-22-51(46-73)23-35-61)71-44-69-66-11-7-9-13-68(66)72(45-70(69)65-10-6-8-12-67(65)71)76(62-36-32-60(74-5)33-37-62)64-42-58(54-28-18-49(3)19-29-54)39-59(43-64)55-30-20-50(4)21-31-55/h6-45H,1-4H3. The molecule has 0 radical (unpaired) electrons. The van der Waals surface area contributed by atoms with Crippen molar-refractivity contribution in [3.05, 3.63) is 282 Å². The fourth-order valence-corrected chi connectivity index (χ4v) is 10.6. The van der Waals surface area contributed by atoms with Crippen LogP contribution in [0.25, 0.3) is 81.7 Å². The topological polar surface area (TPSA) is 34.6 Å². The lowest BCUT2D eigenvalue weighted by atomic mass is 9.92. The van der Waals surface area contributed by atoms with E-state index in [0.29, 0.717) is 11.3 Å². The van der Waals surface area contributed by atoms with E-state index in [1.165, 1.54) is 22.3 Å². The van der Waals surface area contributed by atoms with Gasteiger partial charge in [0.25, 0.3) is 0 Å². The molecule has 12 aromatic carbocycles. The highest BCUT2D eigenvalue weighted by molar-refractivity contribution is 6.24. The van der Waals surface area contributed by atoms with Crippen molar-refractivity contribution in [2.45, 2.75) is 27.7 Å². The van der Waals surface area contributed by atoms with Crippen LogP contribution in [0.4, 0.5) is 39.8 Å². The van der Waals surface area contributed by atoms with Gasteiger partial charge in [0, 0.05) is 33.5 Å². The summed E-state index contributed by atoms with van der Waals surface area (Å²) in [5.41, 5.74) is 20.9. The number of nitriles is 1. The molecule has 0 unspecified atom stereocenters. The normalized spacial score (nSPS) is 11.1. The fourth-order valence-electron chi connectivity index (χ4n) is 10.6. The molecule has 0 saturated carbocycles. The van der Waals surface area contributed by atoms with Gasteiger partial charge >= 0.3 is 0 Å². The van der Waals surface area contributed by atoms with E-state index in [0.717, 1.165) is 111 Å². The Morgan fingerprint density at radius 3 is 0.947 bits per heavy atom. The first-order valence-electron chi connectivity index (χ1n) is 25.7. The molecule has 0 aromatic heterocycles. The van der Waals surface area contributed by atoms with E-state index < -0.39 is 0 Å². The van der Waals surface area contributed by atoms with Crippen molar-refractivity contribution in [1.82, 2.24) is 0 Å². The van der Waals surface area contributed by atoms with E-state index in [-0.39, 0.29) is 0 Å². The maximum atomic E-state index is 10.0. The van der Waals surface area contributed by atoms with Crippen molar-refractivity contribution in [2.75, 3.05) is 9.80 Å². The largest absolute Gasteiger partial charge is 0.310 e. The third-order valence-corrected chi connectivity index (χ3v) is 14.7. The molecule has 360 valence electrons. The first-order chi connectivity index (χ1) is 37.2. The lowest BCUT2D eigenvalue weighted by Crippen LogP contribution is -2.12. The van der Waals surface area contributed by atoms with E-state index in [4.69, 9.17) is 6.57 Å². The van der Waals surface area contributed by atoms with Gasteiger partial charge in [0.2, 0.25) is 0 Å². The van der Waals surface area contributed by atoms with E-state index in [9.17, 15) is 5.26 Å². The second-order valence-corrected chi connectivity index (χ2v) is 19.9. The molecule has 0 aliphatic rings. The van der Waals surface area contributed by atoms with Gasteiger partial charge in [-0.3, -0.25) is 0 Å². The molecule has 4 heteroatoms. The summed E-state index contributed by atoms with van der Waals surface area (Å²) in [6.45, 7) is 16.4. The Balaban J connectivity index is 1.14. The van der Waals surface area contributed by atoms with E-state index in [2.05, 4.69) is 267 Å². The van der Waals surface area contributed by atoms with E-state index >= 15 is 0 Å². The van der Waals surface area contributed by atoms with Crippen molar-refractivity contribution >= 4 is 72.1 Å². The van der Waals surface area contributed by atoms with Crippen molar-refractivity contribution in [2.24, 2.45) is 0 Å². The van der Waals surface area contributed by atoms with Gasteiger partial charge in [-0.25, -0.2) is 4.85 Å². The molecule has 0 spiro atoms. The number of hydrogen-bond acceptors (Lipinski definition) is 3. The molecule has 76 heavy (non-hydrogen) atoms. The van der Waals surface area contributed by atoms with Gasteiger partial charge in [0.1, 0.15) is 0 Å². The molecule has 0 fully saturated rings. The lowest BCUT2D eigenvalue weighted by Gasteiger charge is -2.30. The molecule has 4 nitrogen and oxygen atoms in total. The number of aryl methyl sites for hydroxylation is 4. The maximum absolute atomic E-state index is 10.0. The Labute approximate surface area is 445 Å². The van der Waals surface area contributed by atoms with Gasteiger partial charge in [-0.15, -0.1) is 0 Å². The maximum Gasteiger partial charge on any atom is 0.187 e. The molecule has 12 rings (SSSR count). The minimum atomic E-state index is 0.585. The lowest BCUT2D eigenvalue weighted by molar-refractivity contribution is 1.29. The Kier molecular flexibility index (Phi) is 12.2. The molecular weight excluding hydrogens is 921 g/mol. The van der Waals surface area contributed by atoms with Crippen molar-refractivity contribution < 1.29 is 0 Å². The zero-order valence-electron chi connectivity index (χ0n) is 42.9. The second kappa shape index (κ2) is 19.8. The summed E-state index contributed by atoms with van der Waals surface area (Å²) in [6, 6.07) is 89.4. The number of anilines is 6. The smallest absolute Gasteiger partial charge is 0.187 e. The van der Waals surface area contributed by atoms with Crippen LogP contribution in [0.3, 0.4) is 0 Å². The average Bonchev–Trinajstić information content (AvgIpc) is 3.51. The first-order valence-corrected chi connectivity index (χ1v) is 25.7. The first kappa shape index (κ1) is 47.0. The predicted octanol–water partition coefficient (Wildman–Crippen LogP) is 20.4. The van der Waals surface area contributed by atoms with Crippen LogP contribution in [0.2, 0.25) is 0 Å². The summed E-state index contributed by atoms with van der Waals surface area (Å²) < 4.78 is 0. The zero-order chi connectivity index (χ0) is 51.9. The van der Waals surface area contributed by atoms with Crippen LogP contribution < -0.4 is 9.80 Å². The molecule has 0 aliphatic carbocycles. The molecular formula is C72H52N4. The monoisotopic (exact) mass is 972 g/mol. The molecule has 0 aliphatic heterocycles. The number of fused-ring (bicyclic) bond motifs is 5. The summed E-state index contributed by atoms with van der Waals surface area (Å²) in [5, 5.41) is 16.6. The molecule has 0 saturated heterocycles. The molecule has 0 heterocycles. The van der Waals surface area contributed by atoms with Gasteiger partial charge in [0.05, 0.1) is 29.6 Å². The number of nitrogens with zero attached hydrogens (tertiary/aromatic N) is 4. The van der Waals surface area contributed by atoms with Crippen LogP contribution in [-0.2, 0) is 0 Å². The Hall–Kier alpha value is -10.0. The quantitative estimate of drug-likeness (QED) is 0.101. The Morgan fingerprint density at radius 2 is 0.632 bits per heavy atom. The van der Waals surface area contributed by atoms with Crippen LogP contribution >= 0.6 is 0 Å². The van der Waals surface area contributed by atoms with E-state index in [1.807, 2.05) is 24.3 Å². The minimum Gasteiger partial charge on any atom is -0.310 e. The van der Waals surface area contributed by atoms with Crippen LogP contribution in [0.1, 0.15) is 27.8 Å². The highest BCUT2D eigenvalue weighted by Gasteiger charge is 2.24. The fraction of sp³-hybridized carbons (Fsp3) is 0.0556. The summed E-state index contributed by atoms with van der Waals surface area (Å²) >= 11 is 0. The van der Waals surface area contributed by atoms with Gasteiger partial charge in [-0.1, -0.05) is 180 Å². The number of hydrogen-bond donors (Lipinski definition) is 0. The molecule has 0 amide bonds. The van der Waals surface area contributed by atoms with Gasteiger partial charge in [-0.05, 0) is 179 Å². The van der Waals surface area contributed by atoms with Crippen LogP contribution in [-0.4, -0.2) is 0 Å². The van der Waals surface area contributed by atoms with Gasteiger partial charge < -0.3 is 9.80 Å². The number of rotatable bonds is 10.